The molecule has 4 aromatic carbocycles. The van der Waals surface area contributed by atoms with E-state index in [4.69, 9.17) is 28.1 Å². The second-order valence-electron chi connectivity index (χ2n) is 19.1. The van der Waals surface area contributed by atoms with Gasteiger partial charge in [0.05, 0.1) is 20.6 Å². The second-order valence-corrected chi connectivity index (χ2v) is 23.8. The van der Waals surface area contributed by atoms with Gasteiger partial charge in [0.1, 0.15) is 41.4 Å². The summed E-state index contributed by atoms with van der Waals surface area (Å²) in [5.41, 5.74) is 1.24. The maximum absolute atomic E-state index is 16.1. The number of fused-ring (bicyclic) bond motifs is 2. The molecule has 3 aliphatic rings. The van der Waals surface area contributed by atoms with Crippen molar-refractivity contribution in [2.45, 2.75) is 121 Å². The summed E-state index contributed by atoms with van der Waals surface area (Å²) >= 11 is 0. The first-order chi connectivity index (χ1) is 30.5. The summed E-state index contributed by atoms with van der Waals surface area (Å²) in [6.07, 6.45) is 4.15. The highest BCUT2D eigenvalue weighted by atomic mass is 28.4. The lowest BCUT2D eigenvalue weighted by atomic mass is 9.70. The van der Waals surface area contributed by atoms with E-state index in [1.54, 1.807) is 21.1 Å². The lowest BCUT2D eigenvalue weighted by Gasteiger charge is -2.40. The van der Waals surface area contributed by atoms with Crippen molar-refractivity contribution in [2.24, 2.45) is 11.8 Å². The molecule has 2 fully saturated rings. The summed E-state index contributed by atoms with van der Waals surface area (Å²) in [7, 11) is 0.455. The number of carbonyl (C=O) groups excluding carboxylic acids is 2. The summed E-state index contributed by atoms with van der Waals surface area (Å²) in [4.78, 5) is 27.5. The van der Waals surface area contributed by atoms with Crippen molar-refractivity contribution in [1.82, 2.24) is 5.32 Å². The van der Waals surface area contributed by atoms with Gasteiger partial charge in [0, 0.05) is 24.1 Å². The van der Waals surface area contributed by atoms with E-state index in [0.717, 1.165) is 54.4 Å². The highest BCUT2D eigenvalue weighted by molar-refractivity contribution is 6.74. The summed E-state index contributed by atoms with van der Waals surface area (Å²) < 4.78 is 69.3. The third-order valence-electron chi connectivity index (χ3n) is 13.9. The normalized spacial score (nSPS) is 21.2. The minimum atomic E-state index is -2.75. The van der Waals surface area contributed by atoms with Gasteiger partial charge in [0.25, 0.3) is 0 Å². The number of hydrogen-bond donors (Lipinski definition) is 1. The van der Waals surface area contributed by atoms with Crippen molar-refractivity contribution in [1.29, 1.82) is 0 Å². The van der Waals surface area contributed by atoms with E-state index in [9.17, 15) is 14.0 Å². The highest BCUT2D eigenvalue weighted by Crippen LogP contribution is 2.48. The predicted molar refractivity (Wildman–Crippen MR) is 244 cm³/mol. The molecule has 5 atom stereocenters. The lowest BCUT2D eigenvalue weighted by Crippen LogP contribution is -2.45. The van der Waals surface area contributed by atoms with E-state index in [1.165, 1.54) is 18.9 Å². The third-order valence-corrected chi connectivity index (χ3v) is 18.3. The Kier molecular flexibility index (Phi) is 14.4. The number of esters is 1. The maximum Gasteiger partial charge on any atom is 0.311 e. The van der Waals surface area contributed by atoms with Crippen LogP contribution < -0.4 is 14.8 Å². The summed E-state index contributed by atoms with van der Waals surface area (Å²) in [5, 5.41) is 2.89. The molecule has 7 rings (SSSR count). The number of amides is 1. The first kappa shape index (κ1) is 46.9. The zero-order valence-corrected chi connectivity index (χ0v) is 39.4. The molecular formula is C52H63F2NO8Si. The Morgan fingerprint density at radius 3 is 2.03 bits per heavy atom. The van der Waals surface area contributed by atoms with Crippen LogP contribution in [0, 0.1) is 30.4 Å². The molecule has 0 saturated heterocycles. The van der Waals surface area contributed by atoms with E-state index in [2.05, 4.69) is 26.1 Å². The highest BCUT2D eigenvalue weighted by Gasteiger charge is 2.50. The first-order valence-corrected chi connectivity index (χ1v) is 25.5. The number of carbonyl (C=O) groups is 2. The molecule has 0 radical (unpaired) electrons. The number of hydrogen-bond acceptors (Lipinski definition) is 8. The Morgan fingerprint density at radius 1 is 0.797 bits per heavy atom. The van der Waals surface area contributed by atoms with Crippen LogP contribution in [-0.4, -0.2) is 53.2 Å². The van der Waals surface area contributed by atoms with Crippen molar-refractivity contribution >= 4 is 20.2 Å². The van der Waals surface area contributed by atoms with Crippen molar-refractivity contribution < 1.29 is 46.5 Å². The van der Waals surface area contributed by atoms with Crippen molar-refractivity contribution in [2.75, 3.05) is 20.8 Å². The van der Waals surface area contributed by atoms with Gasteiger partial charge in [-0.2, -0.15) is 0 Å². The van der Waals surface area contributed by atoms with Crippen LogP contribution in [-0.2, 0) is 33.8 Å². The molecule has 12 heteroatoms. The van der Waals surface area contributed by atoms with Crippen molar-refractivity contribution in [3.8, 4) is 11.5 Å². The molecule has 0 aromatic heterocycles. The molecule has 4 unspecified atom stereocenters. The quantitative estimate of drug-likeness (QED) is 0.0674. The Bertz CT molecular complexity index is 2250. The van der Waals surface area contributed by atoms with Crippen molar-refractivity contribution in [3.63, 3.8) is 0 Å². The smallest absolute Gasteiger partial charge is 0.311 e. The van der Waals surface area contributed by atoms with Gasteiger partial charge in [-0.25, -0.2) is 8.78 Å². The molecule has 4 aromatic rings. The van der Waals surface area contributed by atoms with Gasteiger partial charge in [-0.15, -0.1) is 0 Å². The van der Waals surface area contributed by atoms with Gasteiger partial charge in [0.2, 0.25) is 5.91 Å². The minimum Gasteiger partial charge on any atom is -0.497 e. The van der Waals surface area contributed by atoms with Crippen LogP contribution in [0.2, 0.25) is 18.1 Å². The Morgan fingerprint density at radius 2 is 1.42 bits per heavy atom. The molecule has 0 spiro atoms. The van der Waals surface area contributed by atoms with Crippen LogP contribution in [0.15, 0.2) is 103 Å². The third kappa shape index (κ3) is 10.1. The average Bonchev–Trinajstić information content (AvgIpc) is 3.60. The Labute approximate surface area is 378 Å². The Balaban J connectivity index is 1.29. The molecule has 64 heavy (non-hydrogen) atoms. The number of rotatable bonds is 16. The fraction of sp³-hybridized carbons (Fsp3) is 0.462. The molecule has 2 saturated carbocycles. The van der Waals surface area contributed by atoms with Gasteiger partial charge in [-0.1, -0.05) is 88.2 Å². The molecule has 9 nitrogen and oxygen atoms in total. The van der Waals surface area contributed by atoms with E-state index < -0.39 is 43.7 Å². The SMILES string of the molecule is COc1ccc(C(OCC2=C(OC(=O)CCC(=O)NC3CCC4CCCC3C4)C(O[Si](C)(C)C(C)(C)C)[C@H](c3cc(C)c(F)cc3F)O2)(c2ccccc2)c2ccc(OC)cc2)cc1. The summed E-state index contributed by atoms with van der Waals surface area (Å²) in [6.45, 7) is 11.6. The topological polar surface area (TPSA) is 102 Å². The molecule has 1 heterocycles. The number of aryl methyl sites for hydroxylation is 1. The van der Waals surface area contributed by atoms with Gasteiger partial charge in [0.15, 0.2) is 25.9 Å². The van der Waals surface area contributed by atoms with Gasteiger partial charge in [-0.05, 0) is 115 Å². The average molecular weight is 896 g/mol. The molecular weight excluding hydrogens is 833 g/mol. The van der Waals surface area contributed by atoms with Crippen LogP contribution in [0.5, 0.6) is 11.5 Å². The Hall–Kier alpha value is -5.04. The number of methoxy groups -OCH3 is 2. The predicted octanol–water partition coefficient (Wildman–Crippen LogP) is 11.4. The lowest BCUT2D eigenvalue weighted by molar-refractivity contribution is -0.142. The van der Waals surface area contributed by atoms with Crippen LogP contribution in [0.25, 0.3) is 0 Å². The number of ether oxygens (including phenoxy) is 5. The molecule has 1 amide bonds. The van der Waals surface area contributed by atoms with Crippen LogP contribution >= 0.6 is 0 Å². The second kappa shape index (κ2) is 19.6. The van der Waals surface area contributed by atoms with Crippen LogP contribution in [0.1, 0.15) is 106 Å². The molecule has 2 bridgehead atoms. The van der Waals surface area contributed by atoms with Crippen molar-refractivity contribution in [3.05, 3.63) is 142 Å². The summed E-state index contributed by atoms with van der Waals surface area (Å²) in [6, 6.07) is 27.2. The van der Waals surface area contributed by atoms with E-state index >= 15 is 4.39 Å². The first-order valence-electron chi connectivity index (χ1n) is 22.5. The molecule has 342 valence electrons. The zero-order chi connectivity index (χ0) is 45.8. The molecule has 1 aliphatic heterocycles. The van der Waals surface area contributed by atoms with Crippen LogP contribution in [0.4, 0.5) is 8.78 Å². The maximum atomic E-state index is 16.1. The zero-order valence-electron chi connectivity index (χ0n) is 38.4. The largest absolute Gasteiger partial charge is 0.497 e. The fourth-order valence-corrected chi connectivity index (χ4v) is 10.5. The molecule has 1 N–H and O–H groups in total. The fourth-order valence-electron chi connectivity index (χ4n) is 9.24. The van der Waals surface area contributed by atoms with Crippen LogP contribution in [0.3, 0.4) is 0 Å². The molecule has 2 aliphatic carbocycles. The summed E-state index contributed by atoms with van der Waals surface area (Å²) in [5.74, 6) is 0.220. The monoisotopic (exact) mass is 895 g/mol. The van der Waals surface area contributed by atoms with E-state index in [0.29, 0.717) is 17.4 Å². The van der Waals surface area contributed by atoms with E-state index in [1.807, 2.05) is 92.0 Å². The number of nitrogens with one attached hydrogen (secondary N) is 1. The minimum absolute atomic E-state index is 0.0218. The van der Waals surface area contributed by atoms with E-state index in [-0.39, 0.29) is 59.1 Å². The standard InChI is InChI=1S/C52H63F2NO8Si/c1-33-29-41(43(54)31-42(33)53)48-50(63-64(7,8)51(2,3)4)49(62-47(57)28-27-46(56)55-44-26-17-34-13-12-14-35(44)30-34)45(61-48)32-60-52(36-15-10-9-11-16-36,37-18-22-39(58-5)23-19-37)38-20-24-40(59-6)25-21-38/h9-11,15-16,18-25,29,31,34-35,44,48,50H,12-14,17,26-28,30,32H2,1-8H3,(H,55,56)/t34?,35?,44?,48-,50?/m0/s1. The van der Waals surface area contributed by atoms with Gasteiger partial charge < -0.3 is 33.4 Å². The van der Waals surface area contributed by atoms with Gasteiger partial charge in [-0.3, -0.25) is 9.59 Å². The van der Waals surface area contributed by atoms with Gasteiger partial charge >= 0.3 is 5.97 Å². The number of benzene rings is 4. The number of halogens is 2.